The van der Waals surface area contributed by atoms with Crippen LogP contribution in [0.3, 0.4) is 0 Å². The van der Waals surface area contributed by atoms with Crippen molar-refractivity contribution in [1.82, 2.24) is 4.98 Å². The first-order chi connectivity index (χ1) is 9.60. The van der Waals surface area contributed by atoms with E-state index in [1.54, 1.807) is 0 Å². The van der Waals surface area contributed by atoms with Gasteiger partial charge in [-0.1, -0.05) is 6.92 Å². The minimum atomic E-state index is -0.534. The van der Waals surface area contributed by atoms with Crippen LogP contribution in [0.5, 0.6) is 0 Å². The van der Waals surface area contributed by atoms with E-state index in [0.717, 1.165) is 12.8 Å². The number of pyridine rings is 1. The molecular weight excluding hydrogens is 258 g/mol. The van der Waals surface area contributed by atoms with Gasteiger partial charge in [0.15, 0.2) is 0 Å². The van der Waals surface area contributed by atoms with E-state index < -0.39 is 4.92 Å². The second kappa shape index (κ2) is 5.84. The van der Waals surface area contributed by atoms with Crippen molar-refractivity contribution < 1.29 is 4.92 Å². The summed E-state index contributed by atoms with van der Waals surface area (Å²) in [5.74, 6) is 0.608. The van der Waals surface area contributed by atoms with Crippen LogP contribution in [0.1, 0.15) is 25.3 Å². The number of nitriles is 1. The Kier molecular flexibility index (Phi) is 4.15. The van der Waals surface area contributed by atoms with E-state index in [1.165, 1.54) is 12.3 Å². The van der Waals surface area contributed by atoms with Crippen LogP contribution in [0.2, 0.25) is 0 Å². The van der Waals surface area contributed by atoms with Gasteiger partial charge in [-0.15, -0.1) is 0 Å². The van der Waals surface area contributed by atoms with Crippen LogP contribution in [-0.2, 0) is 0 Å². The number of nitrogens with two attached hydrogens (primary N) is 1. The molecule has 1 saturated heterocycles. The van der Waals surface area contributed by atoms with Gasteiger partial charge in [-0.05, 0) is 24.8 Å². The van der Waals surface area contributed by atoms with Crippen LogP contribution in [0.15, 0.2) is 12.3 Å². The van der Waals surface area contributed by atoms with Crippen molar-refractivity contribution in [3.63, 3.8) is 0 Å². The minimum absolute atomic E-state index is 0.0175. The Balaban J connectivity index is 2.51. The third-order valence-corrected chi connectivity index (χ3v) is 3.84. The highest BCUT2D eigenvalue weighted by atomic mass is 16.6. The van der Waals surface area contributed by atoms with Crippen molar-refractivity contribution in [2.45, 2.75) is 25.8 Å². The number of piperidine rings is 1. The van der Waals surface area contributed by atoms with Gasteiger partial charge in [0.1, 0.15) is 11.6 Å². The van der Waals surface area contributed by atoms with Gasteiger partial charge < -0.3 is 10.6 Å². The molecular formula is C13H17N5O2. The van der Waals surface area contributed by atoms with Crippen LogP contribution in [0.4, 0.5) is 11.5 Å². The van der Waals surface area contributed by atoms with E-state index in [-0.39, 0.29) is 23.1 Å². The van der Waals surface area contributed by atoms with Crippen LogP contribution in [0.25, 0.3) is 0 Å². The third-order valence-electron chi connectivity index (χ3n) is 3.84. The lowest BCUT2D eigenvalue weighted by Crippen LogP contribution is -2.49. The summed E-state index contributed by atoms with van der Waals surface area (Å²) >= 11 is 0. The van der Waals surface area contributed by atoms with Crippen LogP contribution >= 0.6 is 0 Å². The monoisotopic (exact) mass is 275 g/mol. The average molecular weight is 275 g/mol. The summed E-state index contributed by atoms with van der Waals surface area (Å²) in [5.41, 5.74) is 5.63. The SMILES string of the molecule is CC1CCCN(c2nccc(C#N)c2[N+](=O)[O-])C1CN. The minimum Gasteiger partial charge on any atom is -0.346 e. The molecule has 0 amide bonds. The predicted molar refractivity (Wildman–Crippen MR) is 74.2 cm³/mol. The van der Waals surface area contributed by atoms with Gasteiger partial charge in [-0.2, -0.15) is 5.26 Å². The summed E-state index contributed by atoms with van der Waals surface area (Å²) < 4.78 is 0. The second-order valence-electron chi connectivity index (χ2n) is 5.02. The Bertz CT molecular complexity index is 554. The zero-order valence-corrected chi connectivity index (χ0v) is 11.3. The Hall–Kier alpha value is -2.20. The van der Waals surface area contributed by atoms with Crippen LogP contribution in [-0.4, -0.2) is 29.0 Å². The normalized spacial score (nSPS) is 22.4. The molecule has 2 N–H and O–H groups in total. The van der Waals surface area contributed by atoms with Crippen molar-refractivity contribution in [3.8, 4) is 6.07 Å². The molecule has 2 atom stereocenters. The summed E-state index contributed by atoms with van der Waals surface area (Å²) in [6.45, 7) is 3.18. The van der Waals surface area contributed by atoms with E-state index >= 15 is 0 Å². The number of rotatable bonds is 3. The second-order valence-corrected chi connectivity index (χ2v) is 5.02. The molecule has 20 heavy (non-hydrogen) atoms. The number of nitro groups is 1. The van der Waals surface area contributed by atoms with Crippen molar-refractivity contribution in [2.24, 2.45) is 11.7 Å². The zero-order valence-electron chi connectivity index (χ0n) is 11.3. The first-order valence-electron chi connectivity index (χ1n) is 6.60. The molecule has 2 rings (SSSR count). The molecule has 1 fully saturated rings. The quantitative estimate of drug-likeness (QED) is 0.660. The lowest BCUT2D eigenvalue weighted by Gasteiger charge is -2.39. The van der Waals surface area contributed by atoms with Gasteiger partial charge in [0.25, 0.3) is 0 Å². The van der Waals surface area contributed by atoms with E-state index in [0.29, 0.717) is 19.0 Å². The van der Waals surface area contributed by atoms with Crippen molar-refractivity contribution >= 4 is 11.5 Å². The standard InChI is InChI=1S/C13H17N5O2/c1-9-3-2-6-17(11(9)8-15)13-12(18(19)20)10(7-14)4-5-16-13/h4-5,9,11H,2-3,6,8,15H2,1H3. The lowest BCUT2D eigenvalue weighted by molar-refractivity contribution is -0.384. The molecule has 0 saturated carbocycles. The maximum absolute atomic E-state index is 11.3. The molecule has 2 unspecified atom stereocenters. The molecule has 0 aromatic carbocycles. The summed E-state index contributed by atoms with van der Waals surface area (Å²) in [4.78, 5) is 16.8. The molecule has 0 radical (unpaired) electrons. The fourth-order valence-electron chi connectivity index (χ4n) is 2.79. The van der Waals surface area contributed by atoms with Gasteiger partial charge in [-0.25, -0.2) is 4.98 Å². The van der Waals surface area contributed by atoms with Gasteiger partial charge in [-0.3, -0.25) is 10.1 Å². The van der Waals surface area contributed by atoms with Gasteiger partial charge in [0.05, 0.1) is 4.92 Å². The number of anilines is 1. The number of nitrogens with zero attached hydrogens (tertiary/aromatic N) is 4. The molecule has 1 aromatic rings. The molecule has 7 heteroatoms. The Morgan fingerprint density at radius 1 is 1.70 bits per heavy atom. The number of aromatic nitrogens is 1. The fraction of sp³-hybridized carbons (Fsp3) is 0.538. The Morgan fingerprint density at radius 3 is 3.05 bits per heavy atom. The molecule has 1 aliphatic rings. The predicted octanol–water partition coefficient (Wildman–Crippen LogP) is 1.43. The Labute approximate surface area is 117 Å². The number of hydrogen-bond donors (Lipinski definition) is 1. The molecule has 0 bridgehead atoms. The first kappa shape index (κ1) is 14.2. The topological polar surface area (TPSA) is 109 Å². The molecule has 1 aromatic heterocycles. The zero-order chi connectivity index (χ0) is 14.7. The molecule has 0 aliphatic carbocycles. The highest BCUT2D eigenvalue weighted by Crippen LogP contribution is 2.34. The lowest BCUT2D eigenvalue weighted by atomic mass is 9.90. The van der Waals surface area contributed by atoms with Crippen molar-refractivity contribution in [2.75, 3.05) is 18.0 Å². The van der Waals surface area contributed by atoms with E-state index in [1.807, 2.05) is 11.0 Å². The molecule has 0 spiro atoms. The first-order valence-corrected chi connectivity index (χ1v) is 6.60. The van der Waals surface area contributed by atoms with Crippen molar-refractivity contribution in [1.29, 1.82) is 5.26 Å². The summed E-state index contributed by atoms with van der Waals surface area (Å²) in [6, 6.07) is 3.25. The summed E-state index contributed by atoms with van der Waals surface area (Å²) in [6.07, 6.45) is 3.42. The van der Waals surface area contributed by atoms with E-state index in [2.05, 4.69) is 11.9 Å². The van der Waals surface area contributed by atoms with Crippen LogP contribution in [0, 0.1) is 27.4 Å². The average Bonchev–Trinajstić information content (AvgIpc) is 2.45. The largest absolute Gasteiger partial charge is 0.346 e. The van der Waals surface area contributed by atoms with Crippen LogP contribution < -0.4 is 10.6 Å². The molecule has 7 nitrogen and oxygen atoms in total. The van der Waals surface area contributed by atoms with Gasteiger partial charge >= 0.3 is 5.69 Å². The van der Waals surface area contributed by atoms with Gasteiger partial charge in [0.2, 0.25) is 5.82 Å². The smallest absolute Gasteiger partial charge is 0.329 e. The van der Waals surface area contributed by atoms with E-state index in [4.69, 9.17) is 11.0 Å². The van der Waals surface area contributed by atoms with E-state index in [9.17, 15) is 10.1 Å². The molecule has 1 aliphatic heterocycles. The maximum atomic E-state index is 11.3. The third kappa shape index (κ3) is 2.42. The van der Waals surface area contributed by atoms with Gasteiger partial charge in [0, 0.05) is 25.3 Å². The molecule has 106 valence electrons. The summed E-state index contributed by atoms with van der Waals surface area (Å²) in [5, 5.41) is 20.3. The highest BCUT2D eigenvalue weighted by molar-refractivity contribution is 5.66. The summed E-state index contributed by atoms with van der Waals surface area (Å²) in [7, 11) is 0. The molecule has 2 heterocycles. The fourth-order valence-corrected chi connectivity index (χ4v) is 2.79. The Morgan fingerprint density at radius 2 is 2.45 bits per heavy atom. The van der Waals surface area contributed by atoms with Crippen molar-refractivity contribution in [3.05, 3.63) is 27.9 Å². The maximum Gasteiger partial charge on any atom is 0.329 e. The number of hydrogen-bond acceptors (Lipinski definition) is 6. The highest BCUT2D eigenvalue weighted by Gasteiger charge is 2.34.